The van der Waals surface area contributed by atoms with Crippen LogP contribution in [0.1, 0.15) is 5.56 Å². The van der Waals surface area contributed by atoms with Crippen LogP contribution in [0.3, 0.4) is 0 Å². The van der Waals surface area contributed by atoms with Gasteiger partial charge in [0.15, 0.2) is 0 Å². The van der Waals surface area contributed by atoms with Crippen LogP contribution in [0.5, 0.6) is 0 Å². The first-order chi connectivity index (χ1) is 16.1. The molecule has 4 aromatic rings. The summed E-state index contributed by atoms with van der Waals surface area (Å²) in [6.07, 6.45) is 7.23. The van der Waals surface area contributed by atoms with Crippen LogP contribution >= 0.6 is 0 Å². The number of imidazole rings is 1. The highest BCUT2D eigenvalue weighted by Gasteiger charge is 2.17. The Labute approximate surface area is 190 Å². The molecule has 4 heterocycles. The van der Waals surface area contributed by atoms with Crippen LogP contribution in [0.15, 0.2) is 61.2 Å². The van der Waals surface area contributed by atoms with Crippen LogP contribution in [0.25, 0.3) is 28.0 Å². The minimum Gasteiger partial charge on any atom is -0.379 e. The van der Waals surface area contributed by atoms with Gasteiger partial charge < -0.3 is 14.5 Å². The molecule has 168 valence electrons. The summed E-state index contributed by atoms with van der Waals surface area (Å²) in [6.45, 7) is 4.80. The Morgan fingerprint density at radius 2 is 1.94 bits per heavy atom. The third-order valence-corrected chi connectivity index (χ3v) is 5.77. The number of benzene rings is 1. The maximum absolute atomic E-state index is 13.9. The topological polar surface area (TPSA) is 71.8 Å². The van der Waals surface area contributed by atoms with Gasteiger partial charge >= 0.3 is 0 Å². The number of pyridine rings is 2. The lowest BCUT2D eigenvalue weighted by Crippen LogP contribution is -2.41. The molecule has 1 aliphatic rings. The Hall–Kier alpha value is -3.62. The summed E-state index contributed by atoms with van der Waals surface area (Å²) in [6, 6.07) is 10.8. The number of ether oxygens (including phenoxy) is 1. The highest BCUT2D eigenvalue weighted by Crippen LogP contribution is 2.33. The number of nitrogens with one attached hydrogen (secondary N) is 1. The average molecular weight is 445 g/mol. The largest absolute Gasteiger partial charge is 0.379 e. The molecule has 1 aromatic carbocycles. The number of rotatable bonds is 5. The van der Waals surface area contributed by atoms with Crippen molar-refractivity contribution in [3.8, 4) is 22.4 Å². The fourth-order valence-electron chi connectivity index (χ4n) is 4.02. The van der Waals surface area contributed by atoms with E-state index in [1.165, 1.54) is 6.07 Å². The standard InChI is InChI=1S/C25H24FN5O2/c1-17-12-18(2-4-22(17)26)25-21(19-3-5-23-27-6-7-31(23)15-19)13-20(14-28-25)29-24(32)16-30-8-10-33-11-9-30/h2-7,12-15H,8-11,16H2,1H3,(H,29,32). The minimum absolute atomic E-state index is 0.0971. The van der Waals surface area contributed by atoms with Gasteiger partial charge in [-0.15, -0.1) is 0 Å². The summed E-state index contributed by atoms with van der Waals surface area (Å²) in [5.41, 5.74) is 5.25. The SMILES string of the molecule is Cc1cc(-c2ncc(NC(=O)CN3CCOCC3)cc2-c2ccc3nccn3c2)ccc1F. The summed E-state index contributed by atoms with van der Waals surface area (Å²) in [7, 11) is 0. The normalized spacial score (nSPS) is 14.5. The van der Waals surface area contributed by atoms with E-state index < -0.39 is 0 Å². The average Bonchev–Trinajstić information content (AvgIpc) is 3.29. The van der Waals surface area contributed by atoms with Crippen molar-refractivity contribution >= 4 is 17.2 Å². The van der Waals surface area contributed by atoms with Crippen LogP contribution in [0, 0.1) is 12.7 Å². The van der Waals surface area contributed by atoms with E-state index >= 15 is 0 Å². The van der Waals surface area contributed by atoms with Crippen molar-refractivity contribution in [2.24, 2.45) is 0 Å². The van der Waals surface area contributed by atoms with Gasteiger partial charge in [0.1, 0.15) is 11.5 Å². The Morgan fingerprint density at radius 3 is 2.76 bits per heavy atom. The molecule has 5 rings (SSSR count). The monoisotopic (exact) mass is 445 g/mol. The van der Waals surface area contributed by atoms with E-state index in [9.17, 15) is 9.18 Å². The summed E-state index contributed by atoms with van der Waals surface area (Å²) in [5, 5.41) is 2.97. The number of carbonyl (C=O) groups is 1. The molecule has 0 saturated carbocycles. The zero-order valence-electron chi connectivity index (χ0n) is 18.3. The molecule has 1 aliphatic heterocycles. The van der Waals surface area contributed by atoms with Crippen LogP contribution in [0.4, 0.5) is 10.1 Å². The van der Waals surface area contributed by atoms with Gasteiger partial charge in [-0.25, -0.2) is 9.37 Å². The maximum Gasteiger partial charge on any atom is 0.238 e. The van der Waals surface area contributed by atoms with Crippen LogP contribution in [-0.4, -0.2) is 58.0 Å². The van der Waals surface area contributed by atoms with E-state index in [-0.39, 0.29) is 11.7 Å². The first kappa shape index (κ1) is 21.2. The van der Waals surface area contributed by atoms with Gasteiger partial charge in [0.25, 0.3) is 0 Å². The molecule has 0 aliphatic carbocycles. The van der Waals surface area contributed by atoms with E-state index in [0.29, 0.717) is 36.7 Å². The van der Waals surface area contributed by atoms with Gasteiger partial charge in [-0.05, 0) is 48.9 Å². The molecule has 0 spiro atoms. The lowest BCUT2D eigenvalue weighted by molar-refractivity contribution is -0.118. The highest BCUT2D eigenvalue weighted by atomic mass is 19.1. The molecule has 8 heteroatoms. The third kappa shape index (κ3) is 4.62. The maximum atomic E-state index is 13.9. The number of nitrogens with zero attached hydrogens (tertiary/aromatic N) is 4. The smallest absolute Gasteiger partial charge is 0.238 e. The number of aromatic nitrogens is 3. The number of amides is 1. The molecule has 1 saturated heterocycles. The number of hydrogen-bond donors (Lipinski definition) is 1. The van der Waals surface area contributed by atoms with Crippen molar-refractivity contribution in [3.05, 3.63) is 72.6 Å². The fraction of sp³-hybridized carbons (Fsp3) is 0.240. The van der Waals surface area contributed by atoms with Crippen molar-refractivity contribution in [1.82, 2.24) is 19.3 Å². The Balaban J connectivity index is 1.50. The van der Waals surface area contributed by atoms with Gasteiger partial charge in [0.2, 0.25) is 5.91 Å². The Kier molecular flexibility index (Phi) is 5.85. The second-order valence-electron chi connectivity index (χ2n) is 8.13. The van der Waals surface area contributed by atoms with E-state index in [1.807, 2.05) is 35.0 Å². The molecule has 7 nitrogen and oxygen atoms in total. The highest BCUT2D eigenvalue weighted by molar-refractivity contribution is 5.94. The Bertz CT molecular complexity index is 1310. The Morgan fingerprint density at radius 1 is 1.12 bits per heavy atom. The third-order valence-electron chi connectivity index (χ3n) is 5.77. The first-order valence-electron chi connectivity index (χ1n) is 10.9. The lowest BCUT2D eigenvalue weighted by atomic mass is 9.99. The number of halogens is 1. The van der Waals surface area contributed by atoms with Gasteiger partial charge in [-0.2, -0.15) is 0 Å². The van der Waals surface area contributed by atoms with Gasteiger partial charge in [0, 0.05) is 48.4 Å². The van der Waals surface area contributed by atoms with Crippen molar-refractivity contribution in [3.63, 3.8) is 0 Å². The zero-order valence-corrected chi connectivity index (χ0v) is 18.3. The van der Waals surface area contributed by atoms with Crippen molar-refractivity contribution in [1.29, 1.82) is 0 Å². The molecule has 33 heavy (non-hydrogen) atoms. The fourth-order valence-corrected chi connectivity index (χ4v) is 4.02. The summed E-state index contributed by atoms with van der Waals surface area (Å²) in [4.78, 5) is 23.7. The second-order valence-corrected chi connectivity index (χ2v) is 8.13. The number of anilines is 1. The molecule has 1 amide bonds. The summed E-state index contributed by atoms with van der Waals surface area (Å²) in [5.74, 6) is -0.354. The molecular weight excluding hydrogens is 421 g/mol. The van der Waals surface area contributed by atoms with Gasteiger partial charge in [-0.1, -0.05) is 0 Å². The number of carbonyl (C=O) groups excluding carboxylic acids is 1. The van der Waals surface area contributed by atoms with E-state index in [1.54, 1.807) is 31.5 Å². The van der Waals surface area contributed by atoms with Crippen molar-refractivity contribution in [2.75, 3.05) is 38.2 Å². The predicted octanol–water partition coefficient (Wildman–Crippen LogP) is 3.78. The summed E-state index contributed by atoms with van der Waals surface area (Å²) < 4.78 is 21.2. The first-order valence-corrected chi connectivity index (χ1v) is 10.9. The van der Waals surface area contributed by atoms with Gasteiger partial charge in [0.05, 0.1) is 37.3 Å². The predicted molar refractivity (Wildman–Crippen MR) is 124 cm³/mol. The van der Waals surface area contributed by atoms with Crippen LogP contribution in [-0.2, 0) is 9.53 Å². The van der Waals surface area contributed by atoms with E-state index in [2.05, 4.69) is 20.2 Å². The lowest BCUT2D eigenvalue weighted by Gasteiger charge is -2.25. The number of fused-ring (bicyclic) bond motifs is 1. The molecule has 0 radical (unpaired) electrons. The molecule has 3 aromatic heterocycles. The van der Waals surface area contributed by atoms with Gasteiger partial charge in [-0.3, -0.25) is 14.7 Å². The second kappa shape index (κ2) is 9.09. The number of aryl methyl sites for hydroxylation is 1. The minimum atomic E-state index is -0.257. The molecule has 0 unspecified atom stereocenters. The van der Waals surface area contributed by atoms with E-state index in [4.69, 9.17) is 4.74 Å². The van der Waals surface area contributed by atoms with Crippen molar-refractivity contribution < 1.29 is 13.9 Å². The zero-order chi connectivity index (χ0) is 22.8. The number of morpholine rings is 1. The van der Waals surface area contributed by atoms with E-state index in [0.717, 1.165) is 35.4 Å². The van der Waals surface area contributed by atoms with Crippen LogP contribution < -0.4 is 5.32 Å². The van der Waals surface area contributed by atoms with Crippen LogP contribution in [0.2, 0.25) is 0 Å². The molecule has 1 fully saturated rings. The van der Waals surface area contributed by atoms with Crippen molar-refractivity contribution in [2.45, 2.75) is 6.92 Å². The molecule has 1 N–H and O–H groups in total. The molecule has 0 bridgehead atoms. The summed E-state index contributed by atoms with van der Waals surface area (Å²) >= 11 is 0. The quantitative estimate of drug-likeness (QED) is 0.506. The molecule has 0 atom stereocenters. The molecular formula is C25H24FN5O2. The number of hydrogen-bond acceptors (Lipinski definition) is 5.